The van der Waals surface area contributed by atoms with E-state index in [9.17, 15) is 18.0 Å². The molecule has 0 radical (unpaired) electrons. The van der Waals surface area contributed by atoms with Crippen LogP contribution in [-0.4, -0.2) is 32.2 Å². The highest BCUT2D eigenvalue weighted by Gasteiger charge is 2.37. The normalized spacial score (nSPS) is 14.0. The number of aryl methyl sites for hydroxylation is 2. The van der Waals surface area contributed by atoms with Crippen LogP contribution in [0.15, 0.2) is 30.7 Å². The van der Waals surface area contributed by atoms with E-state index in [-0.39, 0.29) is 17.9 Å². The lowest BCUT2D eigenvalue weighted by Crippen LogP contribution is -2.33. The van der Waals surface area contributed by atoms with Crippen LogP contribution >= 0.6 is 0 Å². The molecule has 3 aromatic rings. The number of halogens is 3. The number of amides is 1. The molecule has 0 saturated heterocycles. The number of anilines is 1. The second kappa shape index (κ2) is 7.12. The third-order valence-corrected chi connectivity index (χ3v) is 5.12. The molecule has 0 atom stereocenters. The largest absolute Gasteiger partial charge is 0.419 e. The average Bonchev–Trinajstić information content (AvgIpc) is 3.04. The number of pyridine rings is 2. The number of nitrogens with two attached hydrogens (primary N) is 1. The number of hydrogen-bond acceptors (Lipinski definition) is 5. The van der Waals surface area contributed by atoms with Gasteiger partial charge in [-0.2, -0.15) is 18.3 Å². The summed E-state index contributed by atoms with van der Waals surface area (Å²) in [5, 5.41) is 4.33. The molecule has 30 heavy (non-hydrogen) atoms. The van der Waals surface area contributed by atoms with E-state index in [2.05, 4.69) is 15.1 Å². The molecule has 0 unspecified atom stereocenters. The molecule has 1 amide bonds. The maximum atomic E-state index is 13.6. The van der Waals surface area contributed by atoms with Crippen LogP contribution in [0.2, 0.25) is 0 Å². The van der Waals surface area contributed by atoms with Crippen molar-refractivity contribution in [2.45, 2.75) is 26.1 Å². The second-order valence-corrected chi connectivity index (χ2v) is 7.26. The van der Waals surface area contributed by atoms with Gasteiger partial charge in [0.15, 0.2) is 0 Å². The van der Waals surface area contributed by atoms with Crippen molar-refractivity contribution < 1.29 is 18.0 Å². The van der Waals surface area contributed by atoms with E-state index in [4.69, 9.17) is 5.73 Å². The molecule has 10 heteroatoms. The Kier molecular flexibility index (Phi) is 4.71. The van der Waals surface area contributed by atoms with Crippen molar-refractivity contribution in [1.29, 1.82) is 0 Å². The maximum absolute atomic E-state index is 13.6. The van der Waals surface area contributed by atoms with Crippen LogP contribution in [0, 0.1) is 6.92 Å². The fourth-order valence-electron chi connectivity index (χ4n) is 3.69. The van der Waals surface area contributed by atoms with Crippen molar-refractivity contribution >= 4 is 11.7 Å². The van der Waals surface area contributed by atoms with E-state index in [0.29, 0.717) is 13.0 Å². The van der Waals surface area contributed by atoms with Crippen LogP contribution in [0.4, 0.5) is 19.0 Å². The van der Waals surface area contributed by atoms with Gasteiger partial charge in [0.2, 0.25) is 5.91 Å². The molecule has 0 spiro atoms. The van der Waals surface area contributed by atoms with Crippen molar-refractivity contribution in [3.05, 3.63) is 58.8 Å². The molecule has 1 aliphatic heterocycles. The molecule has 0 fully saturated rings. The highest BCUT2D eigenvalue weighted by atomic mass is 19.4. The number of fused-ring (bicyclic) bond motifs is 1. The molecule has 0 aliphatic carbocycles. The van der Waals surface area contributed by atoms with Gasteiger partial charge in [-0.05, 0) is 24.6 Å². The molecule has 3 aromatic heterocycles. The summed E-state index contributed by atoms with van der Waals surface area (Å²) < 4.78 is 42.6. The van der Waals surface area contributed by atoms with Crippen molar-refractivity contribution in [3.8, 4) is 11.1 Å². The van der Waals surface area contributed by atoms with Crippen LogP contribution in [0.3, 0.4) is 0 Å². The third kappa shape index (κ3) is 3.60. The van der Waals surface area contributed by atoms with Crippen LogP contribution in [0.25, 0.3) is 11.1 Å². The number of aromatic nitrogens is 4. The monoisotopic (exact) mass is 416 g/mol. The number of hydrogen-bond donors (Lipinski definition) is 1. The lowest BCUT2D eigenvalue weighted by Gasteiger charge is -2.31. The van der Waals surface area contributed by atoms with Crippen molar-refractivity contribution in [2.24, 2.45) is 12.8 Å². The zero-order valence-corrected chi connectivity index (χ0v) is 16.4. The molecular formula is C20H19F3N6O. The van der Waals surface area contributed by atoms with E-state index in [1.807, 2.05) is 26.2 Å². The van der Waals surface area contributed by atoms with Crippen LogP contribution < -0.4 is 10.6 Å². The summed E-state index contributed by atoms with van der Waals surface area (Å²) in [7, 11) is 1.82. The molecule has 2 N–H and O–H groups in total. The summed E-state index contributed by atoms with van der Waals surface area (Å²) in [5.41, 5.74) is 8.17. The van der Waals surface area contributed by atoms with Gasteiger partial charge in [-0.15, -0.1) is 0 Å². The van der Waals surface area contributed by atoms with Gasteiger partial charge in [0.25, 0.3) is 0 Å². The van der Waals surface area contributed by atoms with E-state index in [0.717, 1.165) is 40.3 Å². The van der Waals surface area contributed by atoms with Gasteiger partial charge in [0.1, 0.15) is 5.82 Å². The van der Waals surface area contributed by atoms with E-state index >= 15 is 0 Å². The zero-order chi connectivity index (χ0) is 21.6. The lowest BCUT2D eigenvalue weighted by atomic mass is 10.00. The molecule has 1 aliphatic rings. The zero-order valence-electron chi connectivity index (χ0n) is 16.4. The minimum atomic E-state index is -4.67. The van der Waals surface area contributed by atoms with Gasteiger partial charge in [0, 0.05) is 62.0 Å². The summed E-state index contributed by atoms with van der Waals surface area (Å²) in [6.45, 7) is 2.44. The van der Waals surface area contributed by atoms with E-state index in [1.54, 1.807) is 15.8 Å². The predicted octanol–water partition coefficient (Wildman–Crippen LogP) is 2.87. The van der Waals surface area contributed by atoms with Crippen molar-refractivity contribution in [3.63, 3.8) is 0 Å². The third-order valence-electron chi connectivity index (χ3n) is 5.12. The Morgan fingerprint density at radius 2 is 1.97 bits per heavy atom. The second-order valence-electron chi connectivity index (χ2n) is 7.26. The Bertz CT molecular complexity index is 1140. The predicted molar refractivity (Wildman–Crippen MR) is 104 cm³/mol. The smallest absolute Gasteiger partial charge is 0.366 e. The molecule has 0 aromatic carbocycles. The van der Waals surface area contributed by atoms with Gasteiger partial charge in [-0.1, -0.05) is 0 Å². The topological polar surface area (TPSA) is 89.9 Å². The number of nitrogens with zero attached hydrogens (tertiary/aromatic N) is 5. The Balaban J connectivity index is 1.71. The molecule has 7 nitrogen and oxygen atoms in total. The van der Waals surface area contributed by atoms with Crippen LogP contribution in [0.5, 0.6) is 0 Å². The summed E-state index contributed by atoms with van der Waals surface area (Å²) >= 11 is 0. The fraction of sp³-hybridized carbons (Fsp3) is 0.300. The number of rotatable bonds is 3. The summed E-state index contributed by atoms with van der Waals surface area (Å²) in [5.74, 6) is -1.18. The molecule has 4 rings (SSSR count). The fourth-order valence-corrected chi connectivity index (χ4v) is 3.69. The number of carbonyl (C=O) groups is 1. The van der Waals surface area contributed by atoms with Gasteiger partial charge < -0.3 is 10.6 Å². The first kappa shape index (κ1) is 19.9. The Hall–Kier alpha value is -3.43. The van der Waals surface area contributed by atoms with Crippen molar-refractivity contribution in [2.75, 3.05) is 11.4 Å². The average molecular weight is 416 g/mol. The molecular weight excluding hydrogens is 397 g/mol. The van der Waals surface area contributed by atoms with Crippen LogP contribution in [-0.2, 0) is 26.2 Å². The highest BCUT2D eigenvalue weighted by Crippen LogP contribution is 2.37. The van der Waals surface area contributed by atoms with E-state index < -0.39 is 17.6 Å². The van der Waals surface area contributed by atoms with Crippen molar-refractivity contribution in [1.82, 2.24) is 19.7 Å². The Labute approximate surface area is 170 Å². The minimum Gasteiger partial charge on any atom is -0.366 e. The van der Waals surface area contributed by atoms with Gasteiger partial charge in [-0.25, -0.2) is 4.98 Å². The minimum absolute atomic E-state index is 0.221. The van der Waals surface area contributed by atoms with Crippen LogP contribution in [0.1, 0.15) is 32.9 Å². The Morgan fingerprint density at radius 3 is 2.60 bits per heavy atom. The Morgan fingerprint density at radius 1 is 1.20 bits per heavy atom. The summed E-state index contributed by atoms with van der Waals surface area (Å²) in [6, 6.07) is 2.69. The number of carbonyl (C=O) groups excluding carboxylic acids is 1. The SMILES string of the molecule is Cc1nn(C)cc1-c1cnc2c(c1)CN(c1ncc(C(N)=O)cc1C(F)(F)F)CC2. The first-order valence-electron chi connectivity index (χ1n) is 9.24. The molecule has 156 valence electrons. The van der Waals surface area contributed by atoms with Gasteiger partial charge in [0.05, 0.1) is 16.8 Å². The lowest BCUT2D eigenvalue weighted by molar-refractivity contribution is -0.137. The van der Waals surface area contributed by atoms with Gasteiger partial charge in [-0.3, -0.25) is 14.5 Å². The molecule has 4 heterocycles. The van der Waals surface area contributed by atoms with E-state index in [1.165, 1.54) is 0 Å². The first-order chi connectivity index (χ1) is 14.1. The maximum Gasteiger partial charge on any atom is 0.419 e. The molecule has 0 bridgehead atoms. The standard InChI is InChI=1S/C20H19F3N6O/c1-11-15(10-28(2)27-11)12-5-14-9-29(4-3-17(14)25-7-12)19-16(20(21,22)23)6-13(8-26-19)18(24)30/h5-8,10H,3-4,9H2,1-2H3,(H2,24,30). The first-order valence-corrected chi connectivity index (χ1v) is 9.24. The summed E-state index contributed by atoms with van der Waals surface area (Å²) in [6.07, 6.45) is 0.542. The highest BCUT2D eigenvalue weighted by molar-refractivity contribution is 5.93. The number of primary amides is 1. The number of alkyl halides is 3. The summed E-state index contributed by atoms with van der Waals surface area (Å²) in [4.78, 5) is 21.3. The molecule has 0 saturated carbocycles. The van der Waals surface area contributed by atoms with Gasteiger partial charge >= 0.3 is 6.18 Å². The quantitative estimate of drug-likeness (QED) is 0.709.